The Morgan fingerprint density at radius 3 is 1.87 bits per heavy atom. The van der Waals surface area contributed by atoms with Gasteiger partial charge in [0.2, 0.25) is 0 Å². The number of unbranched alkanes of at least 4 members (excludes halogenated alkanes) is 3. The molecule has 0 amide bonds. The van der Waals surface area contributed by atoms with Crippen LogP contribution < -0.4 is 10.5 Å². The molecule has 5 nitrogen and oxygen atoms in total. The quantitative estimate of drug-likeness (QED) is 0.293. The smallest absolute Gasteiger partial charge is 0.119 e. The minimum Gasteiger partial charge on any atom is -0.494 e. The first kappa shape index (κ1) is 25.1. The number of nitrogens with zero attached hydrogens (tertiary/aromatic N) is 3. The summed E-state index contributed by atoms with van der Waals surface area (Å²) in [6.45, 7) is 3.92. The van der Waals surface area contributed by atoms with E-state index in [0.29, 0.717) is 0 Å². The van der Waals surface area contributed by atoms with Crippen molar-refractivity contribution in [2.45, 2.75) is 45.3 Å². The normalized spacial score (nSPS) is 10.6. The second kappa shape index (κ2) is 14.8. The van der Waals surface area contributed by atoms with Gasteiger partial charge in [-0.3, -0.25) is 14.9 Å². The van der Waals surface area contributed by atoms with Gasteiger partial charge in [0.05, 0.1) is 18.0 Å². The number of hydrogen-bond acceptors (Lipinski definition) is 5. The molecule has 0 radical (unpaired) electrons. The summed E-state index contributed by atoms with van der Waals surface area (Å²) in [5, 5.41) is 0. The van der Waals surface area contributed by atoms with E-state index in [9.17, 15) is 0 Å². The number of pyridine rings is 2. The number of benzene rings is 1. The molecular formula is C25H32N4OZn. The van der Waals surface area contributed by atoms with E-state index >= 15 is 0 Å². The fourth-order valence-corrected chi connectivity index (χ4v) is 3.35. The van der Waals surface area contributed by atoms with E-state index in [-0.39, 0.29) is 19.5 Å². The summed E-state index contributed by atoms with van der Waals surface area (Å²) in [5.74, 6) is 0.929. The third-order valence-electron chi connectivity index (χ3n) is 4.92. The summed E-state index contributed by atoms with van der Waals surface area (Å²) in [6.07, 6.45) is 8.21. The molecule has 1 aromatic carbocycles. The summed E-state index contributed by atoms with van der Waals surface area (Å²) >= 11 is 0. The van der Waals surface area contributed by atoms with Crippen molar-refractivity contribution in [1.82, 2.24) is 14.9 Å². The molecule has 0 spiro atoms. The first-order valence-corrected chi connectivity index (χ1v) is 10.8. The predicted molar refractivity (Wildman–Crippen MR) is 121 cm³/mol. The van der Waals surface area contributed by atoms with Crippen molar-refractivity contribution in [2.24, 2.45) is 5.73 Å². The molecule has 2 aromatic heterocycles. The van der Waals surface area contributed by atoms with Gasteiger partial charge in [-0.1, -0.05) is 37.1 Å². The van der Waals surface area contributed by atoms with Crippen molar-refractivity contribution in [3.05, 3.63) is 90.0 Å². The SMILES string of the molecule is NCCCCCCOc1ccc(CN(Cc2ccccn2)Cc2ccccn2)cc1.[Zn]. The number of ether oxygens (including phenoxy) is 1. The van der Waals surface area contributed by atoms with Crippen LogP contribution in [0.3, 0.4) is 0 Å². The van der Waals surface area contributed by atoms with Gasteiger partial charge in [-0.2, -0.15) is 0 Å². The fraction of sp³-hybridized carbons (Fsp3) is 0.360. The zero-order chi connectivity index (χ0) is 20.9. The number of hydrogen-bond donors (Lipinski definition) is 1. The van der Waals surface area contributed by atoms with Crippen molar-refractivity contribution < 1.29 is 24.2 Å². The Morgan fingerprint density at radius 2 is 1.32 bits per heavy atom. The molecule has 0 unspecified atom stereocenters. The third kappa shape index (κ3) is 9.69. The van der Waals surface area contributed by atoms with Gasteiger partial charge in [0.25, 0.3) is 0 Å². The van der Waals surface area contributed by atoms with E-state index in [1.165, 1.54) is 18.4 Å². The van der Waals surface area contributed by atoms with E-state index in [4.69, 9.17) is 10.5 Å². The molecule has 3 rings (SSSR count). The average Bonchev–Trinajstić information content (AvgIpc) is 2.79. The van der Waals surface area contributed by atoms with Crippen molar-refractivity contribution >= 4 is 0 Å². The molecule has 0 aliphatic rings. The first-order valence-electron chi connectivity index (χ1n) is 10.8. The van der Waals surface area contributed by atoms with Crippen molar-refractivity contribution in [2.75, 3.05) is 13.2 Å². The second-order valence-electron chi connectivity index (χ2n) is 7.48. The molecule has 3 aromatic rings. The van der Waals surface area contributed by atoms with Crippen molar-refractivity contribution in [1.29, 1.82) is 0 Å². The number of nitrogens with two attached hydrogens (primary N) is 1. The van der Waals surface area contributed by atoms with Crippen LogP contribution in [0.1, 0.15) is 42.6 Å². The van der Waals surface area contributed by atoms with Gasteiger partial charge in [-0.15, -0.1) is 0 Å². The molecule has 0 aliphatic carbocycles. The number of rotatable bonds is 13. The Morgan fingerprint density at radius 1 is 0.710 bits per heavy atom. The van der Waals surface area contributed by atoms with E-state index in [2.05, 4.69) is 51.3 Å². The van der Waals surface area contributed by atoms with Crippen LogP contribution in [0.2, 0.25) is 0 Å². The molecular weight excluding hydrogens is 438 g/mol. The predicted octanol–water partition coefficient (Wildman–Crippen LogP) is 4.57. The van der Waals surface area contributed by atoms with Crippen molar-refractivity contribution in [3.63, 3.8) is 0 Å². The molecule has 0 fully saturated rings. The minimum atomic E-state index is 0. The van der Waals surface area contributed by atoms with Gasteiger partial charge in [0.15, 0.2) is 0 Å². The first-order chi connectivity index (χ1) is 14.8. The van der Waals surface area contributed by atoms with Crippen molar-refractivity contribution in [3.8, 4) is 5.75 Å². The monoisotopic (exact) mass is 468 g/mol. The molecule has 31 heavy (non-hydrogen) atoms. The molecule has 2 N–H and O–H groups in total. The third-order valence-corrected chi connectivity index (χ3v) is 4.92. The van der Waals surface area contributed by atoms with Gasteiger partial charge in [0, 0.05) is 51.5 Å². The van der Waals surface area contributed by atoms with E-state index in [0.717, 1.165) is 62.8 Å². The molecule has 0 saturated heterocycles. The molecule has 0 bridgehead atoms. The maximum atomic E-state index is 5.87. The molecule has 0 saturated carbocycles. The summed E-state index contributed by atoms with van der Waals surface area (Å²) in [6, 6.07) is 20.5. The summed E-state index contributed by atoms with van der Waals surface area (Å²) < 4.78 is 5.87. The topological polar surface area (TPSA) is 64.3 Å². The average molecular weight is 470 g/mol. The van der Waals surface area contributed by atoms with E-state index in [1.807, 2.05) is 36.7 Å². The maximum absolute atomic E-state index is 5.87. The summed E-state index contributed by atoms with van der Waals surface area (Å²) in [4.78, 5) is 11.3. The second-order valence-corrected chi connectivity index (χ2v) is 7.48. The van der Waals surface area contributed by atoms with Gasteiger partial charge in [-0.25, -0.2) is 0 Å². The largest absolute Gasteiger partial charge is 0.494 e. The zero-order valence-corrected chi connectivity index (χ0v) is 21.3. The zero-order valence-electron chi connectivity index (χ0n) is 18.3. The molecule has 6 heteroatoms. The van der Waals surface area contributed by atoms with Gasteiger partial charge in [-0.05, 0) is 61.3 Å². The Kier molecular flexibility index (Phi) is 12.0. The summed E-state index contributed by atoms with van der Waals surface area (Å²) in [5.41, 5.74) is 8.89. The fourth-order valence-electron chi connectivity index (χ4n) is 3.35. The van der Waals surface area contributed by atoms with Crippen LogP contribution in [0.4, 0.5) is 0 Å². The van der Waals surface area contributed by atoms with E-state index in [1.54, 1.807) is 0 Å². The summed E-state index contributed by atoms with van der Waals surface area (Å²) in [7, 11) is 0. The Bertz CT molecular complexity index is 790. The molecule has 0 atom stereocenters. The minimum absolute atomic E-state index is 0. The van der Waals surface area contributed by atoms with Crippen LogP contribution in [0.15, 0.2) is 73.1 Å². The maximum Gasteiger partial charge on any atom is 0.119 e. The van der Waals surface area contributed by atoms with Gasteiger partial charge >= 0.3 is 0 Å². The van der Waals surface area contributed by atoms with E-state index < -0.39 is 0 Å². The Hall–Kier alpha value is -2.14. The van der Waals surface area contributed by atoms with Crippen LogP contribution in [-0.2, 0) is 39.1 Å². The Labute approximate surface area is 198 Å². The molecule has 160 valence electrons. The van der Waals surface area contributed by atoms with Gasteiger partial charge in [0.1, 0.15) is 5.75 Å². The standard InChI is InChI=1S/C25H32N4O.Zn/c26-15-5-1-2-8-18-30-25-13-11-22(12-14-25)19-29(20-23-9-3-6-16-27-23)21-24-10-4-7-17-28-24;/h3-4,6-7,9-14,16-17H,1-2,5,8,15,18-21,26H2;. The van der Waals surface area contributed by atoms with Crippen LogP contribution in [0, 0.1) is 0 Å². The van der Waals surface area contributed by atoms with Crippen LogP contribution >= 0.6 is 0 Å². The van der Waals surface area contributed by atoms with Crippen LogP contribution in [0.5, 0.6) is 5.75 Å². The van der Waals surface area contributed by atoms with Crippen LogP contribution in [-0.4, -0.2) is 28.0 Å². The van der Waals surface area contributed by atoms with Crippen LogP contribution in [0.25, 0.3) is 0 Å². The number of aromatic nitrogens is 2. The molecule has 2 heterocycles. The van der Waals surface area contributed by atoms with Gasteiger partial charge < -0.3 is 10.5 Å². The molecule has 0 aliphatic heterocycles. The Balaban J connectivity index is 0.00000341.